The van der Waals surface area contributed by atoms with Crippen LogP contribution >= 0.6 is 0 Å². The lowest BCUT2D eigenvalue weighted by Gasteiger charge is -2.22. The number of anilines is 1. The molecule has 3 aliphatic rings. The maximum absolute atomic E-state index is 13.0. The van der Waals surface area contributed by atoms with Crippen LogP contribution in [0.4, 0.5) is 5.95 Å². The average molecular weight is 442 g/mol. The van der Waals surface area contributed by atoms with Gasteiger partial charge < -0.3 is 9.80 Å². The van der Waals surface area contributed by atoms with Gasteiger partial charge in [-0.2, -0.15) is 4.31 Å². The molecule has 3 aliphatic heterocycles. The zero-order valence-electron chi connectivity index (χ0n) is 17.6. The number of hydrogen-bond acceptors (Lipinski definition) is 6. The van der Waals surface area contributed by atoms with Gasteiger partial charge in [0.2, 0.25) is 16.0 Å². The predicted molar refractivity (Wildman–Crippen MR) is 116 cm³/mol. The molecule has 0 radical (unpaired) electrons. The van der Waals surface area contributed by atoms with Crippen LogP contribution in [0.2, 0.25) is 0 Å². The molecule has 3 saturated heterocycles. The highest BCUT2D eigenvalue weighted by Crippen LogP contribution is 2.33. The second-order valence-corrected chi connectivity index (χ2v) is 10.7. The molecule has 8 nitrogen and oxygen atoms in total. The van der Waals surface area contributed by atoms with E-state index < -0.39 is 10.0 Å². The summed E-state index contributed by atoms with van der Waals surface area (Å²) in [5.41, 5.74) is 1.49. The summed E-state index contributed by atoms with van der Waals surface area (Å²) in [6.07, 6.45) is 3.59. The molecule has 1 aromatic carbocycles. The van der Waals surface area contributed by atoms with Gasteiger partial charge in [-0.05, 0) is 50.1 Å². The number of amides is 1. The minimum Gasteiger partial charge on any atom is -0.340 e. The number of aryl methyl sites for hydroxylation is 1. The van der Waals surface area contributed by atoms with E-state index in [4.69, 9.17) is 0 Å². The summed E-state index contributed by atoms with van der Waals surface area (Å²) in [6, 6.07) is 8.31. The van der Waals surface area contributed by atoms with Crippen LogP contribution in [-0.4, -0.2) is 72.8 Å². The van der Waals surface area contributed by atoms with Crippen LogP contribution in [0.15, 0.2) is 41.4 Å². The molecule has 31 heavy (non-hydrogen) atoms. The second-order valence-electron chi connectivity index (χ2n) is 8.77. The van der Waals surface area contributed by atoms with Crippen molar-refractivity contribution < 1.29 is 13.2 Å². The molecule has 0 saturated carbocycles. The Kier molecular flexibility index (Phi) is 5.18. The maximum Gasteiger partial charge on any atom is 0.253 e. The highest BCUT2D eigenvalue weighted by molar-refractivity contribution is 7.89. The van der Waals surface area contributed by atoms with Crippen LogP contribution < -0.4 is 4.90 Å². The van der Waals surface area contributed by atoms with Crippen molar-refractivity contribution >= 4 is 21.9 Å². The molecule has 2 atom stereocenters. The van der Waals surface area contributed by atoms with E-state index in [0.717, 1.165) is 37.6 Å². The summed E-state index contributed by atoms with van der Waals surface area (Å²) < 4.78 is 26.9. The highest BCUT2D eigenvalue weighted by Gasteiger charge is 2.42. The lowest BCUT2D eigenvalue weighted by Crippen LogP contribution is -2.33. The lowest BCUT2D eigenvalue weighted by molar-refractivity contribution is 0.0782. The lowest BCUT2D eigenvalue weighted by atomic mass is 10.0. The maximum atomic E-state index is 13.0. The fraction of sp³-hybridized carbons (Fsp3) is 0.500. The summed E-state index contributed by atoms with van der Waals surface area (Å²) in [5.74, 6) is 1.55. The number of rotatable bonds is 4. The number of sulfonamides is 1. The first-order chi connectivity index (χ1) is 14.9. The van der Waals surface area contributed by atoms with Crippen molar-refractivity contribution in [1.82, 2.24) is 19.2 Å². The molecule has 0 spiro atoms. The number of nitrogens with zero attached hydrogens (tertiary/aromatic N) is 5. The molecule has 2 aromatic rings. The van der Waals surface area contributed by atoms with Gasteiger partial charge in [0.05, 0.1) is 4.90 Å². The first-order valence-corrected chi connectivity index (χ1v) is 12.3. The van der Waals surface area contributed by atoms with E-state index >= 15 is 0 Å². The summed E-state index contributed by atoms with van der Waals surface area (Å²) in [5, 5.41) is 0. The van der Waals surface area contributed by atoms with Gasteiger partial charge in [0.15, 0.2) is 0 Å². The van der Waals surface area contributed by atoms with Crippen molar-refractivity contribution in [2.75, 3.05) is 44.2 Å². The molecule has 1 aromatic heterocycles. The Hall–Kier alpha value is -2.52. The van der Waals surface area contributed by atoms with Crippen molar-refractivity contribution in [2.24, 2.45) is 11.8 Å². The molecule has 2 unspecified atom stereocenters. The van der Waals surface area contributed by atoms with E-state index in [-0.39, 0.29) is 10.8 Å². The number of hydrogen-bond donors (Lipinski definition) is 0. The Balaban J connectivity index is 1.23. The number of carbonyl (C=O) groups excluding carboxylic acids is 1. The molecule has 5 rings (SSSR count). The Morgan fingerprint density at radius 2 is 1.61 bits per heavy atom. The summed E-state index contributed by atoms with van der Waals surface area (Å²) in [7, 11) is -3.46. The monoisotopic (exact) mass is 441 g/mol. The van der Waals surface area contributed by atoms with Crippen LogP contribution in [0.1, 0.15) is 28.9 Å². The van der Waals surface area contributed by atoms with E-state index in [1.54, 1.807) is 30.5 Å². The number of fused-ring (bicyclic) bond motifs is 1. The summed E-state index contributed by atoms with van der Waals surface area (Å²) >= 11 is 0. The van der Waals surface area contributed by atoms with Crippen molar-refractivity contribution in [3.63, 3.8) is 0 Å². The molecular weight excluding hydrogens is 414 g/mol. The SMILES string of the molecule is Cc1ccnc(N2CC3CN(C(=O)c4ccc(S(=O)(=O)N5CCCC5)cc4)CC3C2)n1. The number of benzene rings is 1. The van der Waals surface area contributed by atoms with E-state index in [1.807, 2.05) is 17.9 Å². The second kappa shape index (κ2) is 7.87. The third-order valence-corrected chi connectivity index (χ3v) is 8.56. The van der Waals surface area contributed by atoms with Gasteiger partial charge in [0.1, 0.15) is 0 Å². The Morgan fingerprint density at radius 3 is 2.23 bits per heavy atom. The largest absolute Gasteiger partial charge is 0.340 e. The van der Waals surface area contributed by atoms with Crippen molar-refractivity contribution in [2.45, 2.75) is 24.7 Å². The van der Waals surface area contributed by atoms with E-state index in [0.29, 0.717) is 43.6 Å². The third-order valence-electron chi connectivity index (χ3n) is 6.64. The zero-order valence-corrected chi connectivity index (χ0v) is 18.5. The molecular formula is C22H27N5O3S. The molecule has 164 valence electrons. The number of carbonyl (C=O) groups is 1. The summed E-state index contributed by atoms with van der Waals surface area (Å²) in [6.45, 7) is 6.23. The number of aromatic nitrogens is 2. The smallest absolute Gasteiger partial charge is 0.253 e. The van der Waals surface area contributed by atoms with Crippen LogP contribution in [-0.2, 0) is 10.0 Å². The van der Waals surface area contributed by atoms with E-state index in [9.17, 15) is 13.2 Å². The minimum atomic E-state index is -3.46. The van der Waals surface area contributed by atoms with E-state index in [1.165, 1.54) is 4.31 Å². The van der Waals surface area contributed by atoms with Crippen LogP contribution in [0.25, 0.3) is 0 Å². The third kappa shape index (κ3) is 3.80. The minimum absolute atomic E-state index is 0.0297. The van der Waals surface area contributed by atoms with Gasteiger partial charge >= 0.3 is 0 Å². The molecule has 9 heteroatoms. The first kappa shape index (κ1) is 20.4. The normalized spacial score (nSPS) is 24.0. The Morgan fingerprint density at radius 1 is 0.968 bits per heavy atom. The van der Waals surface area contributed by atoms with Crippen molar-refractivity contribution in [3.05, 3.63) is 47.8 Å². The standard InChI is InChI=1S/C22H27N5O3S/c1-16-8-9-23-22(24-16)26-14-18-12-25(13-19(18)15-26)21(28)17-4-6-20(7-5-17)31(29,30)27-10-2-3-11-27/h4-9,18-19H,2-3,10-15H2,1H3. The van der Waals surface area contributed by atoms with Crippen molar-refractivity contribution in [3.8, 4) is 0 Å². The first-order valence-electron chi connectivity index (χ1n) is 10.9. The molecule has 0 aliphatic carbocycles. The molecule has 1 amide bonds. The van der Waals surface area contributed by atoms with Gasteiger partial charge in [-0.1, -0.05) is 0 Å². The number of likely N-dealkylation sites (tertiary alicyclic amines) is 1. The topological polar surface area (TPSA) is 86.7 Å². The van der Waals surface area contributed by atoms with Crippen molar-refractivity contribution in [1.29, 1.82) is 0 Å². The molecule has 0 bridgehead atoms. The van der Waals surface area contributed by atoms with Gasteiger partial charge in [-0.25, -0.2) is 18.4 Å². The zero-order chi connectivity index (χ0) is 21.6. The molecule has 4 heterocycles. The summed E-state index contributed by atoms with van der Waals surface area (Å²) in [4.78, 5) is 26.3. The van der Waals surface area contributed by atoms with Gasteiger partial charge in [-0.3, -0.25) is 4.79 Å². The van der Waals surface area contributed by atoms with Crippen LogP contribution in [0, 0.1) is 18.8 Å². The fourth-order valence-electron chi connectivity index (χ4n) is 4.94. The molecule has 0 N–H and O–H groups in total. The Bertz CT molecular complexity index is 1070. The van der Waals surface area contributed by atoms with Gasteiger partial charge in [0.25, 0.3) is 5.91 Å². The fourth-order valence-corrected chi connectivity index (χ4v) is 6.46. The quantitative estimate of drug-likeness (QED) is 0.719. The highest BCUT2D eigenvalue weighted by atomic mass is 32.2. The van der Waals surface area contributed by atoms with Gasteiger partial charge in [-0.15, -0.1) is 0 Å². The molecule has 3 fully saturated rings. The average Bonchev–Trinajstić information content (AvgIpc) is 3.50. The van der Waals surface area contributed by atoms with E-state index in [2.05, 4.69) is 14.9 Å². The van der Waals surface area contributed by atoms with Gasteiger partial charge in [0, 0.05) is 68.6 Å². The van der Waals surface area contributed by atoms with Crippen LogP contribution in [0.5, 0.6) is 0 Å². The predicted octanol–water partition coefficient (Wildman–Crippen LogP) is 1.78. The Labute approximate surface area is 182 Å². The van der Waals surface area contributed by atoms with Crippen LogP contribution in [0.3, 0.4) is 0 Å².